The summed E-state index contributed by atoms with van der Waals surface area (Å²) in [5.74, 6) is -0.444. The zero-order valence-electron chi connectivity index (χ0n) is 11.8. The van der Waals surface area contributed by atoms with Crippen LogP contribution in [0.25, 0.3) is 10.8 Å². The molecule has 0 bridgehead atoms. The molecule has 2 aromatic rings. The summed E-state index contributed by atoms with van der Waals surface area (Å²) in [6, 6.07) is 5.65. The third kappa shape index (κ3) is 2.38. The van der Waals surface area contributed by atoms with Gasteiger partial charge in [0.25, 0.3) is 0 Å². The van der Waals surface area contributed by atoms with Crippen LogP contribution >= 0.6 is 0 Å². The van der Waals surface area contributed by atoms with Crippen LogP contribution in [0.1, 0.15) is 10.5 Å². The number of hydrogen-bond acceptors (Lipinski definition) is 6. The Morgan fingerprint density at radius 3 is 2.81 bits per heavy atom. The Kier molecular flexibility index (Phi) is 3.62. The Bertz CT molecular complexity index is 681. The van der Waals surface area contributed by atoms with Crippen molar-refractivity contribution in [1.82, 2.24) is 4.98 Å². The third-order valence-corrected chi connectivity index (χ3v) is 3.65. The fourth-order valence-electron chi connectivity index (χ4n) is 2.60. The number of fused-ring (bicyclic) bond motifs is 1. The Balaban J connectivity index is 2.24. The van der Waals surface area contributed by atoms with E-state index in [0.717, 1.165) is 16.5 Å². The van der Waals surface area contributed by atoms with E-state index in [9.17, 15) is 4.79 Å². The molecule has 6 nitrogen and oxygen atoms in total. The van der Waals surface area contributed by atoms with E-state index in [0.29, 0.717) is 37.7 Å². The van der Waals surface area contributed by atoms with Gasteiger partial charge in [-0.3, -0.25) is 0 Å². The molecular weight excluding hydrogens is 270 g/mol. The number of hydrogen-bond donors (Lipinski definition) is 1. The highest BCUT2D eigenvalue weighted by Crippen LogP contribution is 2.33. The number of esters is 1. The lowest BCUT2D eigenvalue weighted by molar-refractivity contribution is 0.0594. The van der Waals surface area contributed by atoms with Gasteiger partial charge in [-0.15, -0.1) is 0 Å². The second kappa shape index (κ2) is 5.57. The van der Waals surface area contributed by atoms with E-state index in [4.69, 9.17) is 15.2 Å². The van der Waals surface area contributed by atoms with Crippen molar-refractivity contribution in [2.24, 2.45) is 0 Å². The van der Waals surface area contributed by atoms with Crippen molar-refractivity contribution in [1.29, 1.82) is 0 Å². The second-order valence-electron chi connectivity index (χ2n) is 4.85. The number of carbonyl (C=O) groups is 1. The fourth-order valence-corrected chi connectivity index (χ4v) is 2.60. The number of benzene rings is 1. The van der Waals surface area contributed by atoms with E-state index in [1.54, 1.807) is 6.20 Å². The average Bonchev–Trinajstić information content (AvgIpc) is 2.54. The SMILES string of the molecule is COC(=O)c1ncc2c(N)cccc2c1N1CCOCC1. The fraction of sp³-hybridized carbons (Fsp3) is 0.333. The van der Waals surface area contributed by atoms with Crippen LogP contribution in [-0.4, -0.2) is 44.4 Å². The Labute approximate surface area is 122 Å². The summed E-state index contributed by atoms with van der Waals surface area (Å²) in [6.07, 6.45) is 1.63. The molecule has 1 saturated heterocycles. The largest absolute Gasteiger partial charge is 0.464 e. The summed E-state index contributed by atoms with van der Waals surface area (Å²) >= 11 is 0. The smallest absolute Gasteiger partial charge is 0.358 e. The van der Waals surface area contributed by atoms with Gasteiger partial charge in [0.15, 0.2) is 5.69 Å². The molecule has 1 aromatic carbocycles. The molecule has 1 fully saturated rings. The minimum Gasteiger partial charge on any atom is -0.464 e. The molecule has 0 saturated carbocycles. The molecule has 0 aliphatic carbocycles. The van der Waals surface area contributed by atoms with Crippen molar-refractivity contribution in [3.8, 4) is 0 Å². The molecule has 6 heteroatoms. The van der Waals surface area contributed by atoms with E-state index < -0.39 is 5.97 Å². The Morgan fingerprint density at radius 2 is 2.10 bits per heavy atom. The molecule has 0 spiro atoms. The molecule has 2 N–H and O–H groups in total. The van der Waals surface area contributed by atoms with Crippen molar-refractivity contribution >= 4 is 28.1 Å². The topological polar surface area (TPSA) is 77.7 Å². The van der Waals surface area contributed by atoms with Gasteiger partial charge in [0.2, 0.25) is 0 Å². The summed E-state index contributed by atoms with van der Waals surface area (Å²) in [7, 11) is 1.36. The lowest BCUT2D eigenvalue weighted by Crippen LogP contribution is -2.37. The second-order valence-corrected chi connectivity index (χ2v) is 4.85. The van der Waals surface area contributed by atoms with Crippen LogP contribution in [0.4, 0.5) is 11.4 Å². The highest BCUT2D eigenvalue weighted by molar-refractivity contribution is 6.07. The third-order valence-electron chi connectivity index (χ3n) is 3.65. The van der Waals surface area contributed by atoms with Gasteiger partial charge in [-0.05, 0) is 6.07 Å². The van der Waals surface area contributed by atoms with Crippen molar-refractivity contribution in [3.63, 3.8) is 0 Å². The minimum atomic E-state index is -0.444. The van der Waals surface area contributed by atoms with Crippen LogP contribution in [-0.2, 0) is 9.47 Å². The van der Waals surface area contributed by atoms with Crippen molar-refractivity contribution < 1.29 is 14.3 Å². The number of carbonyl (C=O) groups excluding carboxylic acids is 1. The molecule has 2 heterocycles. The molecule has 1 aliphatic rings. The number of ether oxygens (including phenoxy) is 2. The number of nitrogens with zero attached hydrogens (tertiary/aromatic N) is 2. The molecule has 3 rings (SSSR count). The van der Waals surface area contributed by atoms with E-state index in [1.165, 1.54) is 7.11 Å². The highest BCUT2D eigenvalue weighted by atomic mass is 16.5. The first-order chi connectivity index (χ1) is 10.2. The normalized spacial score (nSPS) is 15.2. The van der Waals surface area contributed by atoms with Gasteiger partial charge >= 0.3 is 5.97 Å². The van der Waals surface area contributed by atoms with Crippen molar-refractivity contribution in [2.45, 2.75) is 0 Å². The first-order valence-electron chi connectivity index (χ1n) is 6.80. The predicted octanol–water partition coefficient (Wildman–Crippen LogP) is 1.44. The zero-order chi connectivity index (χ0) is 14.8. The Morgan fingerprint density at radius 1 is 1.33 bits per heavy atom. The summed E-state index contributed by atoms with van der Waals surface area (Å²) in [4.78, 5) is 18.4. The zero-order valence-corrected chi connectivity index (χ0v) is 11.8. The Hall–Kier alpha value is -2.34. The molecule has 0 unspecified atom stereocenters. The summed E-state index contributed by atoms with van der Waals surface area (Å²) in [6.45, 7) is 2.66. The van der Waals surface area contributed by atoms with E-state index in [1.807, 2.05) is 18.2 Å². The molecule has 21 heavy (non-hydrogen) atoms. The van der Waals surface area contributed by atoms with Crippen LogP contribution < -0.4 is 10.6 Å². The van der Waals surface area contributed by atoms with E-state index in [2.05, 4.69) is 9.88 Å². The van der Waals surface area contributed by atoms with Gasteiger partial charge in [0.1, 0.15) is 0 Å². The lowest BCUT2D eigenvalue weighted by atomic mass is 10.1. The maximum Gasteiger partial charge on any atom is 0.358 e. The van der Waals surface area contributed by atoms with E-state index >= 15 is 0 Å². The minimum absolute atomic E-state index is 0.317. The van der Waals surface area contributed by atoms with Gasteiger partial charge in [0.05, 0.1) is 26.0 Å². The van der Waals surface area contributed by atoms with Crippen LogP contribution in [0.3, 0.4) is 0 Å². The lowest BCUT2D eigenvalue weighted by Gasteiger charge is -2.30. The maximum absolute atomic E-state index is 12.0. The summed E-state index contributed by atoms with van der Waals surface area (Å²) < 4.78 is 10.2. The van der Waals surface area contributed by atoms with Crippen LogP contribution in [0, 0.1) is 0 Å². The maximum atomic E-state index is 12.0. The predicted molar refractivity (Wildman–Crippen MR) is 80.5 cm³/mol. The van der Waals surface area contributed by atoms with Gasteiger partial charge in [0, 0.05) is 35.7 Å². The molecule has 1 aromatic heterocycles. The number of rotatable bonds is 2. The first kappa shape index (κ1) is 13.6. The average molecular weight is 287 g/mol. The van der Waals surface area contributed by atoms with Gasteiger partial charge < -0.3 is 20.1 Å². The van der Waals surface area contributed by atoms with Crippen LogP contribution in [0.2, 0.25) is 0 Å². The highest BCUT2D eigenvalue weighted by Gasteiger charge is 2.23. The van der Waals surface area contributed by atoms with Gasteiger partial charge in [-0.25, -0.2) is 9.78 Å². The number of nitrogens with two attached hydrogens (primary N) is 1. The quantitative estimate of drug-likeness (QED) is 0.665. The number of nitrogen functional groups attached to an aromatic ring is 1. The molecule has 1 aliphatic heterocycles. The molecule has 110 valence electrons. The van der Waals surface area contributed by atoms with Crippen molar-refractivity contribution in [2.75, 3.05) is 44.0 Å². The van der Waals surface area contributed by atoms with Crippen molar-refractivity contribution in [3.05, 3.63) is 30.1 Å². The van der Waals surface area contributed by atoms with Gasteiger partial charge in [-0.1, -0.05) is 12.1 Å². The number of pyridine rings is 1. The summed E-state index contributed by atoms with van der Waals surface area (Å²) in [5, 5.41) is 1.75. The molecule has 0 atom stereocenters. The standard InChI is InChI=1S/C15H17N3O3/c1-20-15(19)13-14(18-5-7-21-8-6-18)10-3-2-4-12(16)11(10)9-17-13/h2-4,9H,5-8,16H2,1H3. The molecule has 0 radical (unpaired) electrons. The number of anilines is 2. The van der Waals surface area contributed by atoms with Crippen LogP contribution in [0.5, 0.6) is 0 Å². The van der Waals surface area contributed by atoms with Gasteiger partial charge in [-0.2, -0.15) is 0 Å². The van der Waals surface area contributed by atoms with E-state index in [-0.39, 0.29) is 0 Å². The number of morpholine rings is 1. The van der Waals surface area contributed by atoms with Crippen LogP contribution in [0.15, 0.2) is 24.4 Å². The number of aromatic nitrogens is 1. The molecule has 0 amide bonds. The monoisotopic (exact) mass is 287 g/mol. The molecular formula is C15H17N3O3. The number of methoxy groups -OCH3 is 1. The summed E-state index contributed by atoms with van der Waals surface area (Å²) in [5.41, 5.74) is 7.75. The first-order valence-corrected chi connectivity index (χ1v) is 6.80.